The fraction of sp³-hybridized carbons (Fsp3) is 0.389. The molecule has 1 aromatic heterocycles. The van der Waals surface area contributed by atoms with E-state index >= 15 is 0 Å². The van der Waals surface area contributed by atoms with Gasteiger partial charge in [-0.15, -0.1) is 0 Å². The molecule has 8 heteroatoms. The first-order valence-electron chi connectivity index (χ1n) is 8.95. The van der Waals surface area contributed by atoms with Gasteiger partial charge in [-0.3, -0.25) is 4.79 Å². The molecule has 1 saturated carbocycles. The van der Waals surface area contributed by atoms with Crippen molar-refractivity contribution in [1.82, 2.24) is 15.3 Å². The lowest BCUT2D eigenvalue weighted by molar-refractivity contribution is 0.100. The molecule has 0 unspecified atom stereocenters. The number of anilines is 4. The van der Waals surface area contributed by atoms with E-state index in [-0.39, 0.29) is 0 Å². The zero-order valence-electron chi connectivity index (χ0n) is 14.5. The number of nitrogens with zero attached hydrogens (tertiary/aromatic N) is 3. The minimum absolute atomic E-state index is 0.316. The minimum Gasteiger partial charge on any atom is -0.369 e. The van der Waals surface area contributed by atoms with Gasteiger partial charge >= 0.3 is 0 Å². The predicted molar refractivity (Wildman–Crippen MR) is 102 cm³/mol. The van der Waals surface area contributed by atoms with Crippen LogP contribution in [0, 0.1) is 0 Å². The Hall–Kier alpha value is -2.87. The standard InChI is InChI=1S/C18H23N7O/c19-16(26)15-11-21-18(24-17(15)22-12-1-2-12)23-13-3-5-14(6-4-13)25-9-7-20-8-10-25/h3-6,11-12,20H,1-2,7-10H2,(H2,19,26)(H2,21,22,23,24). The number of nitrogens with one attached hydrogen (secondary N) is 3. The summed E-state index contributed by atoms with van der Waals surface area (Å²) in [6.07, 6.45) is 3.63. The van der Waals surface area contributed by atoms with Crippen molar-refractivity contribution in [3.63, 3.8) is 0 Å². The maximum atomic E-state index is 11.6. The van der Waals surface area contributed by atoms with Gasteiger partial charge in [0.15, 0.2) is 0 Å². The lowest BCUT2D eigenvalue weighted by Crippen LogP contribution is -2.43. The molecule has 2 heterocycles. The summed E-state index contributed by atoms with van der Waals surface area (Å²) >= 11 is 0. The van der Waals surface area contributed by atoms with Gasteiger partial charge in [-0.05, 0) is 37.1 Å². The van der Waals surface area contributed by atoms with E-state index in [9.17, 15) is 4.79 Å². The van der Waals surface area contributed by atoms with Crippen LogP contribution in [0.3, 0.4) is 0 Å². The normalized spacial score (nSPS) is 17.0. The number of amides is 1. The zero-order valence-corrected chi connectivity index (χ0v) is 14.5. The van der Waals surface area contributed by atoms with Crippen molar-refractivity contribution in [2.75, 3.05) is 41.7 Å². The summed E-state index contributed by atoms with van der Waals surface area (Å²) in [5.74, 6) is 0.406. The van der Waals surface area contributed by atoms with E-state index in [0.29, 0.717) is 23.4 Å². The molecule has 1 amide bonds. The van der Waals surface area contributed by atoms with Gasteiger partial charge in [0, 0.05) is 49.8 Å². The van der Waals surface area contributed by atoms with Crippen LogP contribution >= 0.6 is 0 Å². The van der Waals surface area contributed by atoms with E-state index in [1.54, 1.807) is 0 Å². The maximum absolute atomic E-state index is 11.6. The Balaban J connectivity index is 1.48. The number of primary amides is 1. The number of carbonyl (C=O) groups excluding carboxylic acids is 1. The van der Waals surface area contributed by atoms with Gasteiger partial charge < -0.3 is 26.6 Å². The second-order valence-electron chi connectivity index (χ2n) is 6.65. The highest BCUT2D eigenvalue weighted by Gasteiger charge is 2.24. The Kier molecular flexibility index (Phi) is 4.57. The highest BCUT2D eigenvalue weighted by molar-refractivity contribution is 5.97. The number of rotatable bonds is 6. The molecule has 136 valence electrons. The Morgan fingerprint density at radius 2 is 1.92 bits per heavy atom. The predicted octanol–water partition coefficient (Wildman–Crippen LogP) is 1.30. The zero-order chi connectivity index (χ0) is 17.9. The van der Waals surface area contributed by atoms with Gasteiger partial charge in [0.1, 0.15) is 5.82 Å². The Bertz CT molecular complexity index is 783. The van der Waals surface area contributed by atoms with Gasteiger partial charge in [0.2, 0.25) is 5.95 Å². The summed E-state index contributed by atoms with van der Waals surface area (Å²) in [7, 11) is 0. The Labute approximate surface area is 152 Å². The van der Waals surface area contributed by atoms with Gasteiger partial charge in [0.25, 0.3) is 5.91 Å². The third-order valence-electron chi connectivity index (χ3n) is 4.58. The molecule has 0 atom stereocenters. The minimum atomic E-state index is -0.528. The van der Waals surface area contributed by atoms with E-state index in [1.165, 1.54) is 11.9 Å². The molecular weight excluding hydrogens is 330 g/mol. The summed E-state index contributed by atoms with van der Waals surface area (Å²) in [6.45, 7) is 4.05. The largest absolute Gasteiger partial charge is 0.369 e. The van der Waals surface area contributed by atoms with E-state index in [2.05, 4.69) is 43.0 Å². The number of aromatic nitrogens is 2. The van der Waals surface area contributed by atoms with Crippen LogP contribution in [0.1, 0.15) is 23.2 Å². The molecule has 1 saturated heterocycles. The van der Waals surface area contributed by atoms with Crippen molar-refractivity contribution < 1.29 is 4.79 Å². The van der Waals surface area contributed by atoms with E-state index in [0.717, 1.165) is 44.7 Å². The third kappa shape index (κ3) is 3.85. The molecule has 4 rings (SSSR count). The Morgan fingerprint density at radius 1 is 1.19 bits per heavy atom. The number of carbonyl (C=O) groups is 1. The van der Waals surface area contributed by atoms with Gasteiger partial charge in [-0.1, -0.05) is 0 Å². The summed E-state index contributed by atoms with van der Waals surface area (Å²) in [6, 6.07) is 8.57. The van der Waals surface area contributed by atoms with Crippen LogP contribution in [0.2, 0.25) is 0 Å². The SMILES string of the molecule is NC(=O)c1cnc(Nc2ccc(N3CCNCC3)cc2)nc1NC1CC1. The topological polar surface area (TPSA) is 108 Å². The van der Waals surface area contributed by atoms with Gasteiger partial charge in [-0.25, -0.2) is 4.98 Å². The number of nitrogens with two attached hydrogens (primary N) is 1. The van der Waals surface area contributed by atoms with Crippen molar-refractivity contribution in [3.8, 4) is 0 Å². The van der Waals surface area contributed by atoms with Crippen molar-refractivity contribution in [1.29, 1.82) is 0 Å². The van der Waals surface area contributed by atoms with E-state index < -0.39 is 5.91 Å². The molecule has 2 fully saturated rings. The number of hydrogen-bond donors (Lipinski definition) is 4. The summed E-state index contributed by atoms with van der Waals surface area (Å²) in [4.78, 5) is 22.6. The Morgan fingerprint density at radius 3 is 2.58 bits per heavy atom. The average molecular weight is 353 g/mol. The van der Waals surface area contributed by atoms with Crippen LogP contribution < -0.4 is 26.6 Å². The second-order valence-corrected chi connectivity index (χ2v) is 6.65. The number of piperazine rings is 1. The fourth-order valence-electron chi connectivity index (χ4n) is 2.96. The molecule has 0 spiro atoms. The highest BCUT2D eigenvalue weighted by Crippen LogP contribution is 2.26. The first kappa shape index (κ1) is 16.6. The van der Waals surface area contributed by atoms with Crippen LogP contribution in [0.25, 0.3) is 0 Å². The maximum Gasteiger partial charge on any atom is 0.254 e. The average Bonchev–Trinajstić information content (AvgIpc) is 3.47. The van der Waals surface area contributed by atoms with Gasteiger partial charge in [0.05, 0.1) is 5.56 Å². The highest BCUT2D eigenvalue weighted by atomic mass is 16.1. The van der Waals surface area contributed by atoms with Crippen LogP contribution in [-0.2, 0) is 0 Å². The fourth-order valence-corrected chi connectivity index (χ4v) is 2.96. The van der Waals surface area contributed by atoms with Crippen LogP contribution in [0.4, 0.5) is 23.1 Å². The summed E-state index contributed by atoms with van der Waals surface area (Å²) in [5.41, 5.74) is 7.83. The van der Waals surface area contributed by atoms with Crippen molar-refractivity contribution in [2.24, 2.45) is 5.73 Å². The molecule has 2 aliphatic rings. The molecular formula is C18H23N7O. The van der Waals surface area contributed by atoms with Crippen molar-refractivity contribution >= 4 is 29.0 Å². The van der Waals surface area contributed by atoms with Crippen LogP contribution in [-0.4, -0.2) is 48.1 Å². The molecule has 1 aromatic carbocycles. The monoisotopic (exact) mass is 353 g/mol. The summed E-state index contributed by atoms with van der Waals surface area (Å²) < 4.78 is 0. The molecule has 0 radical (unpaired) electrons. The molecule has 8 nitrogen and oxygen atoms in total. The number of hydrogen-bond acceptors (Lipinski definition) is 7. The van der Waals surface area contributed by atoms with Crippen molar-refractivity contribution in [3.05, 3.63) is 36.0 Å². The lowest BCUT2D eigenvalue weighted by Gasteiger charge is -2.29. The molecule has 1 aliphatic heterocycles. The first-order chi connectivity index (χ1) is 12.7. The quantitative estimate of drug-likeness (QED) is 0.620. The molecule has 0 bridgehead atoms. The molecule has 2 aromatic rings. The first-order valence-corrected chi connectivity index (χ1v) is 8.95. The van der Waals surface area contributed by atoms with E-state index in [4.69, 9.17) is 5.73 Å². The smallest absolute Gasteiger partial charge is 0.254 e. The molecule has 1 aliphatic carbocycles. The van der Waals surface area contributed by atoms with Crippen molar-refractivity contribution in [2.45, 2.75) is 18.9 Å². The van der Waals surface area contributed by atoms with Gasteiger partial charge in [-0.2, -0.15) is 4.98 Å². The third-order valence-corrected chi connectivity index (χ3v) is 4.58. The number of benzene rings is 1. The van der Waals surface area contributed by atoms with E-state index in [1.807, 2.05) is 12.1 Å². The molecule has 26 heavy (non-hydrogen) atoms. The molecule has 5 N–H and O–H groups in total. The lowest BCUT2D eigenvalue weighted by atomic mass is 10.2. The van der Waals surface area contributed by atoms with Crippen LogP contribution in [0.15, 0.2) is 30.5 Å². The second kappa shape index (κ2) is 7.17. The summed E-state index contributed by atoms with van der Waals surface area (Å²) in [5, 5.41) is 9.78. The van der Waals surface area contributed by atoms with Crippen LogP contribution in [0.5, 0.6) is 0 Å².